The van der Waals surface area contributed by atoms with E-state index < -0.39 is 0 Å². The first-order valence-electron chi connectivity index (χ1n) is 6.41. The Balaban J connectivity index is 2.09. The van der Waals surface area contributed by atoms with Gasteiger partial charge in [-0.1, -0.05) is 30.3 Å². The van der Waals surface area contributed by atoms with E-state index in [1.165, 1.54) is 0 Å². The van der Waals surface area contributed by atoms with Crippen molar-refractivity contribution in [1.82, 2.24) is 4.98 Å². The largest absolute Gasteiger partial charge is 0.506 e. The smallest absolute Gasteiger partial charge is 0.216 e. The lowest BCUT2D eigenvalue weighted by atomic mass is 10.1. The summed E-state index contributed by atoms with van der Waals surface area (Å²) in [5.41, 5.74) is 0.417. The van der Waals surface area contributed by atoms with Crippen LogP contribution in [0.2, 0.25) is 0 Å². The van der Waals surface area contributed by atoms with Gasteiger partial charge in [-0.05, 0) is 23.6 Å². The Morgan fingerprint density at radius 1 is 1.00 bits per heavy atom. The normalized spacial score (nSPS) is 11.1. The summed E-state index contributed by atoms with van der Waals surface area (Å²) in [4.78, 5) is 4.11. The van der Waals surface area contributed by atoms with Crippen LogP contribution in [-0.2, 0) is 0 Å². The SMILES string of the molecule is COc1cccnc1N=Nc1c(O)ccc2ccccc12. The van der Waals surface area contributed by atoms with Crippen LogP contribution in [0.4, 0.5) is 11.5 Å². The van der Waals surface area contributed by atoms with E-state index in [1.807, 2.05) is 30.3 Å². The molecule has 0 aliphatic heterocycles. The maximum Gasteiger partial charge on any atom is 0.216 e. The molecular weight excluding hydrogens is 266 g/mol. The molecule has 0 fully saturated rings. The van der Waals surface area contributed by atoms with E-state index in [-0.39, 0.29) is 5.75 Å². The van der Waals surface area contributed by atoms with Crippen molar-refractivity contribution in [3.63, 3.8) is 0 Å². The molecule has 0 amide bonds. The fourth-order valence-corrected chi connectivity index (χ4v) is 2.06. The topological polar surface area (TPSA) is 67.1 Å². The summed E-state index contributed by atoms with van der Waals surface area (Å²) >= 11 is 0. The number of hydrogen-bond donors (Lipinski definition) is 1. The minimum absolute atomic E-state index is 0.0762. The highest BCUT2D eigenvalue weighted by Gasteiger charge is 2.07. The van der Waals surface area contributed by atoms with Gasteiger partial charge in [0.15, 0.2) is 5.75 Å². The number of pyridine rings is 1. The molecule has 104 valence electrons. The number of fused-ring (bicyclic) bond motifs is 1. The van der Waals surface area contributed by atoms with Gasteiger partial charge in [-0.2, -0.15) is 0 Å². The van der Waals surface area contributed by atoms with Crippen LogP contribution >= 0.6 is 0 Å². The van der Waals surface area contributed by atoms with Crippen molar-refractivity contribution in [1.29, 1.82) is 0 Å². The van der Waals surface area contributed by atoms with Crippen molar-refractivity contribution in [2.24, 2.45) is 10.2 Å². The van der Waals surface area contributed by atoms with E-state index in [9.17, 15) is 5.11 Å². The fourth-order valence-electron chi connectivity index (χ4n) is 2.06. The van der Waals surface area contributed by atoms with Crippen LogP contribution in [-0.4, -0.2) is 17.2 Å². The van der Waals surface area contributed by atoms with Crippen molar-refractivity contribution < 1.29 is 9.84 Å². The Bertz CT molecular complexity index is 815. The molecule has 0 aliphatic carbocycles. The van der Waals surface area contributed by atoms with Crippen LogP contribution in [0.25, 0.3) is 10.8 Å². The average molecular weight is 279 g/mol. The minimum atomic E-state index is 0.0762. The molecule has 3 aromatic rings. The van der Waals surface area contributed by atoms with Crippen LogP contribution < -0.4 is 4.74 Å². The molecule has 0 saturated carbocycles. The fraction of sp³-hybridized carbons (Fsp3) is 0.0625. The van der Waals surface area contributed by atoms with Crippen molar-refractivity contribution in [3.05, 3.63) is 54.7 Å². The number of nitrogens with zero attached hydrogens (tertiary/aromatic N) is 3. The van der Waals surface area contributed by atoms with E-state index >= 15 is 0 Å². The number of phenolic OH excluding ortho intramolecular Hbond substituents is 1. The van der Waals surface area contributed by atoms with Gasteiger partial charge in [-0.25, -0.2) is 4.98 Å². The Labute approximate surface area is 121 Å². The number of benzene rings is 2. The van der Waals surface area contributed by atoms with E-state index in [1.54, 1.807) is 31.5 Å². The van der Waals surface area contributed by atoms with E-state index in [0.717, 1.165) is 10.8 Å². The summed E-state index contributed by atoms with van der Waals surface area (Å²) < 4.78 is 5.17. The second-order valence-corrected chi connectivity index (χ2v) is 4.38. The zero-order valence-corrected chi connectivity index (χ0v) is 11.4. The first-order chi connectivity index (χ1) is 10.3. The van der Waals surface area contributed by atoms with Gasteiger partial charge >= 0.3 is 0 Å². The van der Waals surface area contributed by atoms with Crippen LogP contribution in [0, 0.1) is 0 Å². The number of azo groups is 1. The molecule has 0 aliphatic rings. The number of aromatic hydroxyl groups is 1. The maximum atomic E-state index is 10.0. The van der Waals surface area contributed by atoms with Gasteiger partial charge in [-0.3, -0.25) is 0 Å². The zero-order chi connectivity index (χ0) is 14.7. The third-order valence-electron chi connectivity index (χ3n) is 3.09. The lowest BCUT2D eigenvalue weighted by molar-refractivity contribution is 0.414. The van der Waals surface area contributed by atoms with Crippen LogP contribution in [0.5, 0.6) is 11.5 Å². The number of phenols is 1. The maximum absolute atomic E-state index is 10.0. The van der Waals surface area contributed by atoms with E-state index in [2.05, 4.69) is 15.2 Å². The molecule has 1 aromatic heterocycles. The predicted molar refractivity (Wildman–Crippen MR) is 80.6 cm³/mol. The van der Waals surface area contributed by atoms with Crippen molar-refractivity contribution in [3.8, 4) is 11.5 Å². The lowest BCUT2D eigenvalue weighted by Gasteiger charge is -2.04. The Morgan fingerprint density at radius 3 is 2.71 bits per heavy atom. The predicted octanol–water partition coefficient (Wildman–Crippen LogP) is 4.36. The number of hydrogen-bond acceptors (Lipinski definition) is 5. The lowest BCUT2D eigenvalue weighted by Crippen LogP contribution is -1.84. The number of rotatable bonds is 3. The molecule has 2 aromatic carbocycles. The molecule has 0 bridgehead atoms. The first-order valence-corrected chi connectivity index (χ1v) is 6.41. The monoisotopic (exact) mass is 279 g/mol. The highest BCUT2D eigenvalue weighted by Crippen LogP contribution is 2.36. The molecule has 0 saturated heterocycles. The molecule has 0 radical (unpaired) electrons. The van der Waals surface area contributed by atoms with Crippen molar-refractivity contribution in [2.75, 3.05) is 7.11 Å². The van der Waals surface area contributed by atoms with Crippen molar-refractivity contribution in [2.45, 2.75) is 0 Å². The average Bonchev–Trinajstić information content (AvgIpc) is 2.54. The van der Waals surface area contributed by atoms with Crippen LogP contribution in [0.3, 0.4) is 0 Å². The second-order valence-electron chi connectivity index (χ2n) is 4.38. The summed E-state index contributed by atoms with van der Waals surface area (Å²) in [5.74, 6) is 0.973. The molecule has 0 unspecified atom stereocenters. The molecule has 1 heterocycles. The summed E-state index contributed by atoms with van der Waals surface area (Å²) in [6.45, 7) is 0. The standard InChI is InChI=1S/C16H13N3O2/c1-21-14-7-4-10-17-16(14)19-18-15-12-6-3-2-5-11(12)8-9-13(15)20/h2-10,20H,1H3. The van der Waals surface area contributed by atoms with Gasteiger partial charge in [-0.15, -0.1) is 10.2 Å². The quantitative estimate of drug-likeness (QED) is 0.724. The molecule has 5 nitrogen and oxygen atoms in total. The Hall–Kier alpha value is -2.95. The summed E-state index contributed by atoms with van der Waals surface area (Å²) in [5, 5.41) is 20.1. The number of aromatic nitrogens is 1. The summed E-state index contributed by atoms with van der Waals surface area (Å²) in [7, 11) is 1.55. The van der Waals surface area contributed by atoms with Crippen molar-refractivity contribution >= 4 is 22.3 Å². The van der Waals surface area contributed by atoms with Crippen LogP contribution in [0.15, 0.2) is 65.0 Å². The van der Waals surface area contributed by atoms with E-state index in [4.69, 9.17) is 4.74 Å². The number of methoxy groups -OCH3 is 1. The first kappa shape index (κ1) is 13.1. The van der Waals surface area contributed by atoms with Crippen LogP contribution in [0.1, 0.15) is 0 Å². The highest BCUT2D eigenvalue weighted by molar-refractivity contribution is 5.95. The van der Waals surface area contributed by atoms with Gasteiger partial charge in [0.2, 0.25) is 5.82 Å². The molecule has 21 heavy (non-hydrogen) atoms. The van der Waals surface area contributed by atoms with Gasteiger partial charge in [0, 0.05) is 11.6 Å². The second kappa shape index (κ2) is 5.58. The van der Waals surface area contributed by atoms with Gasteiger partial charge < -0.3 is 9.84 Å². The van der Waals surface area contributed by atoms with Gasteiger partial charge in [0.05, 0.1) is 7.11 Å². The molecule has 1 N–H and O–H groups in total. The third kappa shape index (κ3) is 2.53. The van der Waals surface area contributed by atoms with E-state index in [0.29, 0.717) is 17.3 Å². The molecular formula is C16H13N3O2. The highest BCUT2D eigenvalue weighted by atomic mass is 16.5. The zero-order valence-electron chi connectivity index (χ0n) is 11.4. The Kier molecular flexibility index (Phi) is 3.47. The van der Waals surface area contributed by atoms with Gasteiger partial charge in [0.1, 0.15) is 11.4 Å². The number of ether oxygens (including phenoxy) is 1. The molecule has 0 atom stereocenters. The minimum Gasteiger partial charge on any atom is -0.506 e. The molecule has 0 spiro atoms. The molecule has 3 rings (SSSR count). The summed E-state index contributed by atoms with van der Waals surface area (Å²) in [6.07, 6.45) is 1.61. The third-order valence-corrected chi connectivity index (χ3v) is 3.09. The van der Waals surface area contributed by atoms with Gasteiger partial charge in [0.25, 0.3) is 0 Å². The summed E-state index contributed by atoms with van der Waals surface area (Å²) in [6, 6.07) is 14.6. The Morgan fingerprint density at radius 2 is 1.86 bits per heavy atom. The molecule has 5 heteroatoms.